The Bertz CT molecular complexity index is 1170. The van der Waals surface area contributed by atoms with Crippen LogP contribution in [0, 0.1) is 0 Å². The zero-order chi connectivity index (χ0) is 35.5. The van der Waals surface area contributed by atoms with Crippen LogP contribution in [0.15, 0.2) is 48.5 Å². The van der Waals surface area contributed by atoms with Crippen LogP contribution in [0.25, 0.3) is 0 Å². The van der Waals surface area contributed by atoms with E-state index in [0.29, 0.717) is 98.2 Å². The van der Waals surface area contributed by atoms with Gasteiger partial charge in [0, 0.05) is 12.3 Å². The van der Waals surface area contributed by atoms with Crippen molar-refractivity contribution in [3.05, 3.63) is 59.7 Å². The van der Waals surface area contributed by atoms with Crippen molar-refractivity contribution in [1.29, 1.82) is 0 Å². The van der Waals surface area contributed by atoms with Crippen molar-refractivity contribution in [2.75, 3.05) is 118 Å². The van der Waals surface area contributed by atoms with Gasteiger partial charge in [-0.25, -0.2) is 4.79 Å². The van der Waals surface area contributed by atoms with Crippen molar-refractivity contribution < 1.29 is 65.3 Å². The maximum atomic E-state index is 13.0. The van der Waals surface area contributed by atoms with E-state index in [1.54, 1.807) is 18.2 Å². The average molecular weight is 718 g/mol. The lowest BCUT2D eigenvalue weighted by Gasteiger charge is -2.22. The molecule has 0 radical (unpaired) electrons. The van der Waals surface area contributed by atoms with E-state index in [0.717, 1.165) is 38.0 Å². The first-order valence-electron chi connectivity index (χ1n) is 16.9. The van der Waals surface area contributed by atoms with E-state index in [4.69, 9.17) is 47.4 Å². The van der Waals surface area contributed by atoms with Gasteiger partial charge >= 0.3 is 12.1 Å². The number of para-hydroxylation sites is 1. The van der Waals surface area contributed by atoms with Crippen molar-refractivity contribution in [3.8, 4) is 0 Å². The average Bonchev–Trinajstić information content (AvgIpc) is 3.12. The Morgan fingerprint density at radius 3 is 1.70 bits per heavy atom. The molecule has 1 aliphatic heterocycles. The van der Waals surface area contributed by atoms with Gasteiger partial charge in [-0.3, -0.25) is 0 Å². The molecule has 282 valence electrons. The third-order valence-corrected chi connectivity index (χ3v) is 6.98. The number of esters is 1. The summed E-state index contributed by atoms with van der Waals surface area (Å²) in [4.78, 5) is 12.6. The van der Waals surface area contributed by atoms with Gasteiger partial charge in [-0.2, -0.15) is 13.2 Å². The minimum atomic E-state index is -4.47. The molecule has 1 N–H and O–H groups in total. The Morgan fingerprint density at radius 1 is 0.660 bits per heavy atom. The zero-order valence-electron chi connectivity index (χ0n) is 28.5. The molecule has 0 saturated carbocycles. The Labute approximate surface area is 291 Å². The Kier molecular flexibility index (Phi) is 21.6. The molecular formula is C35H50F3NO11. The lowest BCUT2D eigenvalue weighted by atomic mass is 10.1. The topological polar surface area (TPSA) is 121 Å². The van der Waals surface area contributed by atoms with Crippen LogP contribution >= 0.6 is 0 Å². The van der Waals surface area contributed by atoms with Crippen LogP contribution in [0.3, 0.4) is 0 Å². The van der Waals surface area contributed by atoms with Crippen molar-refractivity contribution in [2.45, 2.75) is 31.7 Å². The number of carbonyl (C=O) groups excluding carboxylic acids is 1. The molecule has 2 aromatic rings. The van der Waals surface area contributed by atoms with Crippen LogP contribution in [0.4, 0.5) is 24.5 Å². The van der Waals surface area contributed by atoms with Gasteiger partial charge in [0.1, 0.15) is 6.61 Å². The monoisotopic (exact) mass is 717 g/mol. The molecular weight excluding hydrogens is 667 g/mol. The number of halogens is 3. The van der Waals surface area contributed by atoms with Gasteiger partial charge in [-0.1, -0.05) is 18.2 Å². The summed E-state index contributed by atoms with van der Waals surface area (Å²) in [5, 5.41) is 2.86. The Balaban J connectivity index is 1.04. The summed E-state index contributed by atoms with van der Waals surface area (Å²) in [6, 6.07) is 11.1. The summed E-state index contributed by atoms with van der Waals surface area (Å²) in [5.41, 5.74) is -0.0816. The molecule has 0 aromatic heterocycles. The standard InChI is InChI=1S/C35H50F3NO11/c36-35(37,38)29-6-5-7-30(28-29)39-32-9-2-1-8-31(32)34(40)50-27-25-47-23-21-45-19-17-43-15-13-41-12-14-42-16-18-44-20-22-46-24-26-49-33-10-3-4-11-48-33/h1-2,5-9,28,33,39H,3-4,10-27H2. The summed E-state index contributed by atoms with van der Waals surface area (Å²) >= 11 is 0. The number of ether oxygens (including phenoxy) is 10. The van der Waals surface area contributed by atoms with Gasteiger partial charge in [0.15, 0.2) is 6.29 Å². The molecule has 1 heterocycles. The minimum absolute atomic E-state index is 0.00186. The van der Waals surface area contributed by atoms with Crippen LogP contribution in [0.2, 0.25) is 0 Å². The van der Waals surface area contributed by atoms with E-state index in [2.05, 4.69) is 5.32 Å². The van der Waals surface area contributed by atoms with E-state index in [1.807, 2.05) is 0 Å². The van der Waals surface area contributed by atoms with E-state index in [1.165, 1.54) is 18.2 Å². The molecule has 2 aromatic carbocycles. The fourth-order valence-corrected chi connectivity index (χ4v) is 4.47. The maximum absolute atomic E-state index is 13.0. The predicted octanol–water partition coefficient (Wildman–Crippen LogP) is 5.27. The van der Waals surface area contributed by atoms with Crippen molar-refractivity contribution in [1.82, 2.24) is 0 Å². The molecule has 0 spiro atoms. The van der Waals surface area contributed by atoms with E-state index in [9.17, 15) is 18.0 Å². The summed E-state index contributed by atoms with van der Waals surface area (Å²) in [6.07, 6.45) is -1.36. The van der Waals surface area contributed by atoms with Crippen molar-refractivity contribution in [3.63, 3.8) is 0 Å². The van der Waals surface area contributed by atoms with Gasteiger partial charge < -0.3 is 52.7 Å². The molecule has 1 aliphatic rings. The van der Waals surface area contributed by atoms with Crippen LogP contribution in [-0.2, 0) is 53.5 Å². The number of rotatable bonds is 28. The Morgan fingerprint density at radius 2 is 1.18 bits per heavy atom. The second kappa shape index (κ2) is 26.0. The highest BCUT2D eigenvalue weighted by atomic mass is 19.4. The first kappa shape index (κ1) is 41.6. The number of nitrogens with one attached hydrogen (secondary N) is 1. The largest absolute Gasteiger partial charge is 0.460 e. The van der Waals surface area contributed by atoms with Gasteiger partial charge in [0.05, 0.1) is 116 Å². The van der Waals surface area contributed by atoms with Crippen LogP contribution in [0.5, 0.6) is 0 Å². The molecule has 0 aliphatic carbocycles. The lowest BCUT2D eigenvalue weighted by molar-refractivity contribution is -0.169. The summed E-state index contributed by atoms with van der Waals surface area (Å²) < 4.78 is 93.7. The zero-order valence-corrected chi connectivity index (χ0v) is 28.5. The summed E-state index contributed by atoms with van der Waals surface area (Å²) in [5.74, 6) is -0.626. The highest BCUT2D eigenvalue weighted by Gasteiger charge is 2.30. The fourth-order valence-electron chi connectivity index (χ4n) is 4.47. The van der Waals surface area contributed by atoms with Gasteiger partial charge in [0.25, 0.3) is 0 Å². The molecule has 12 nitrogen and oxygen atoms in total. The number of carbonyl (C=O) groups is 1. The quantitative estimate of drug-likeness (QED) is 0.0913. The van der Waals surface area contributed by atoms with Crippen LogP contribution in [-0.4, -0.2) is 125 Å². The molecule has 0 bridgehead atoms. The highest BCUT2D eigenvalue weighted by molar-refractivity contribution is 5.96. The molecule has 1 fully saturated rings. The SMILES string of the molecule is O=C(OCCOCCOCCOCCOCCOCCOCCOCCOC1CCCCO1)c1ccccc1Nc1cccc(C(F)(F)F)c1. The third kappa shape index (κ3) is 18.9. The Hall–Kier alpha value is -2.86. The fraction of sp³-hybridized carbons (Fsp3) is 0.629. The lowest BCUT2D eigenvalue weighted by Crippen LogP contribution is -2.24. The second-order valence-corrected chi connectivity index (χ2v) is 10.8. The third-order valence-electron chi connectivity index (χ3n) is 6.98. The first-order chi connectivity index (χ1) is 24.4. The highest BCUT2D eigenvalue weighted by Crippen LogP contribution is 2.32. The number of hydrogen-bond donors (Lipinski definition) is 1. The predicted molar refractivity (Wildman–Crippen MR) is 177 cm³/mol. The summed E-state index contributed by atoms with van der Waals surface area (Å²) in [6.45, 7) is 7.22. The van der Waals surface area contributed by atoms with E-state index in [-0.39, 0.29) is 30.8 Å². The van der Waals surface area contributed by atoms with Gasteiger partial charge in [-0.05, 0) is 49.6 Å². The first-order valence-corrected chi connectivity index (χ1v) is 16.9. The van der Waals surface area contributed by atoms with Crippen LogP contribution < -0.4 is 5.32 Å². The summed E-state index contributed by atoms with van der Waals surface area (Å²) in [7, 11) is 0. The minimum Gasteiger partial charge on any atom is -0.460 e. The molecule has 1 atom stereocenters. The maximum Gasteiger partial charge on any atom is 0.416 e. The van der Waals surface area contributed by atoms with E-state index >= 15 is 0 Å². The van der Waals surface area contributed by atoms with Crippen LogP contribution in [0.1, 0.15) is 35.2 Å². The van der Waals surface area contributed by atoms with Gasteiger partial charge in [-0.15, -0.1) is 0 Å². The van der Waals surface area contributed by atoms with E-state index < -0.39 is 17.7 Å². The second-order valence-electron chi connectivity index (χ2n) is 10.8. The molecule has 1 saturated heterocycles. The molecule has 3 rings (SSSR count). The number of hydrogen-bond acceptors (Lipinski definition) is 12. The van der Waals surface area contributed by atoms with Crippen molar-refractivity contribution >= 4 is 17.3 Å². The number of alkyl halides is 3. The molecule has 15 heteroatoms. The number of benzene rings is 2. The van der Waals surface area contributed by atoms with Crippen molar-refractivity contribution in [2.24, 2.45) is 0 Å². The smallest absolute Gasteiger partial charge is 0.416 e. The molecule has 1 unspecified atom stereocenters. The number of anilines is 2. The van der Waals surface area contributed by atoms with Gasteiger partial charge in [0.2, 0.25) is 0 Å². The normalized spacial score (nSPS) is 14.9. The molecule has 0 amide bonds. The molecule has 50 heavy (non-hydrogen) atoms.